The summed E-state index contributed by atoms with van der Waals surface area (Å²) in [6.45, 7) is 2.40. The normalized spacial score (nSPS) is 18.6. The molecular formula is C18H22N4O3. The van der Waals surface area contributed by atoms with E-state index in [1.54, 1.807) is 17.9 Å². The van der Waals surface area contributed by atoms with Crippen molar-refractivity contribution in [2.75, 3.05) is 6.54 Å². The third-order valence-corrected chi connectivity index (χ3v) is 4.40. The highest BCUT2D eigenvalue weighted by Gasteiger charge is 2.32. The van der Waals surface area contributed by atoms with E-state index in [1.165, 1.54) is 0 Å². The van der Waals surface area contributed by atoms with E-state index in [1.807, 2.05) is 30.3 Å². The molecule has 2 amide bonds. The van der Waals surface area contributed by atoms with Crippen LogP contribution in [0.25, 0.3) is 0 Å². The van der Waals surface area contributed by atoms with Crippen molar-refractivity contribution < 1.29 is 14.3 Å². The minimum absolute atomic E-state index is 0.0798. The lowest BCUT2D eigenvalue weighted by Gasteiger charge is -2.36. The zero-order chi connectivity index (χ0) is 17.8. The molecule has 0 unspecified atom stereocenters. The number of H-pyrrole nitrogens is 1. The van der Waals surface area contributed by atoms with Crippen LogP contribution in [0.4, 0.5) is 0 Å². The summed E-state index contributed by atoms with van der Waals surface area (Å²) in [7, 11) is 0. The highest BCUT2D eigenvalue weighted by Crippen LogP contribution is 2.31. The summed E-state index contributed by atoms with van der Waals surface area (Å²) < 4.78 is 5.77. The third-order valence-electron chi connectivity index (χ3n) is 4.40. The summed E-state index contributed by atoms with van der Waals surface area (Å²) in [5.74, 6) is -0.00444. The molecule has 25 heavy (non-hydrogen) atoms. The van der Waals surface area contributed by atoms with Gasteiger partial charge in [0.1, 0.15) is 11.4 Å². The van der Waals surface area contributed by atoms with Gasteiger partial charge in [0.2, 0.25) is 0 Å². The summed E-state index contributed by atoms with van der Waals surface area (Å²) in [5.41, 5.74) is 6.18. The van der Waals surface area contributed by atoms with Crippen molar-refractivity contribution in [1.82, 2.24) is 15.1 Å². The van der Waals surface area contributed by atoms with Gasteiger partial charge >= 0.3 is 0 Å². The second-order valence-electron chi connectivity index (χ2n) is 6.19. The van der Waals surface area contributed by atoms with Crippen molar-refractivity contribution in [2.24, 2.45) is 5.73 Å². The monoisotopic (exact) mass is 342 g/mol. The molecule has 1 aliphatic heterocycles. The van der Waals surface area contributed by atoms with Crippen LogP contribution in [0.2, 0.25) is 0 Å². The second kappa shape index (κ2) is 7.38. The van der Waals surface area contributed by atoms with Gasteiger partial charge in [0.15, 0.2) is 6.10 Å². The lowest BCUT2D eigenvalue weighted by atomic mass is 9.98. The Morgan fingerprint density at radius 2 is 2.08 bits per heavy atom. The Kier molecular flexibility index (Phi) is 5.02. The molecule has 2 aromatic rings. The number of nitrogens with one attached hydrogen (secondary N) is 1. The van der Waals surface area contributed by atoms with Gasteiger partial charge in [0.05, 0.1) is 11.7 Å². The van der Waals surface area contributed by atoms with Crippen LogP contribution >= 0.6 is 0 Å². The predicted molar refractivity (Wildman–Crippen MR) is 91.9 cm³/mol. The highest BCUT2D eigenvalue weighted by atomic mass is 16.5. The zero-order valence-corrected chi connectivity index (χ0v) is 14.1. The van der Waals surface area contributed by atoms with Crippen LogP contribution in [0.5, 0.6) is 5.75 Å². The fourth-order valence-corrected chi connectivity index (χ4v) is 3.14. The van der Waals surface area contributed by atoms with E-state index in [4.69, 9.17) is 10.5 Å². The van der Waals surface area contributed by atoms with E-state index >= 15 is 0 Å². The number of nitrogens with zero attached hydrogens (tertiary/aromatic N) is 2. The molecular weight excluding hydrogens is 320 g/mol. The molecule has 0 radical (unpaired) electrons. The first kappa shape index (κ1) is 17.0. The number of rotatable bonds is 5. The second-order valence-corrected chi connectivity index (χ2v) is 6.19. The van der Waals surface area contributed by atoms with E-state index < -0.39 is 12.0 Å². The van der Waals surface area contributed by atoms with Gasteiger partial charge < -0.3 is 15.4 Å². The number of hydrogen-bond donors (Lipinski definition) is 2. The molecule has 132 valence electrons. The Morgan fingerprint density at radius 3 is 2.76 bits per heavy atom. The minimum atomic E-state index is -0.596. The maximum Gasteiger partial charge on any atom is 0.269 e. The minimum Gasteiger partial charge on any atom is -0.481 e. The average Bonchev–Trinajstić information content (AvgIpc) is 3.12. The summed E-state index contributed by atoms with van der Waals surface area (Å²) in [5, 5.41) is 6.77. The number of aromatic nitrogens is 2. The molecule has 0 aliphatic carbocycles. The fourth-order valence-electron chi connectivity index (χ4n) is 3.14. The quantitative estimate of drug-likeness (QED) is 0.868. The Balaban J connectivity index is 1.75. The molecule has 3 rings (SSSR count). The van der Waals surface area contributed by atoms with Gasteiger partial charge in [-0.2, -0.15) is 5.10 Å². The van der Waals surface area contributed by atoms with Gasteiger partial charge in [-0.25, -0.2) is 0 Å². The zero-order valence-electron chi connectivity index (χ0n) is 14.1. The lowest BCUT2D eigenvalue weighted by Crippen LogP contribution is -2.45. The third kappa shape index (κ3) is 3.81. The van der Waals surface area contributed by atoms with Crippen LogP contribution in [-0.2, 0) is 4.79 Å². The SMILES string of the molecule is C[C@@H](Oc1ccccc1)C(=O)N1CCCC[C@H]1c1cc(C(N)=O)n[nH]1. The Bertz CT molecular complexity index is 744. The van der Waals surface area contributed by atoms with Gasteiger partial charge in [-0.1, -0.05) is 18.2 Å². The number of piperidine rings is 1. The largest absolute Gasteiger partial charge is 0.481 e. The van der Waals surface area contributed by atoms with Gasteiger partial charge in [0.25, 0.3) is 11.8 Å². The topological polar surface area (TPSA) is 101 Å². The van der Waals surface area contributed by atoms with Gasteiger partial charge in [-0.3, -0.25) is 14.7 Å². The number of amides is 2. The Hall–Kier alpha value is -2.83. The number of carbonyl (C=O) groups excluding carboxylic acids is 2. The number of hydrogen-bond acceptors (Lipinski definition) is 4. The van der Waals surface area contributed by atoms with Crippen LogP contribution in [0, 0.1) is 0 Å². The summed E-state index contributed by atoms with van der Waals surface area (Å²) in [6.07, 6.45) is 2.16. The van der Waals surface area contributed by atoms with Gasteiger partial charge in [0, 0.05) is 6.54 Å². The fraction of sp³-hybridized carbons (Fsp3) is 0.389. The first-order valence-electron chi connectivity index (χ1n) is 8.43. The Labute approximate surface area is 146 Å². The molecule has 1 aromatic heterocycles. The van der Waals surface area contributed by atoms with E-state index in [9.17, 15) is 9.59 Å². The Morgan fingerprint density at radius 1 is 1.32 bits per heavy atom. The molecule has 7 heteroatoms. The average molecular weight is 342 g/mol. The molecule has 7 nitrogen and oxygen atoms in total. The van der Waals surface area contributed by atoms with E-state index in [-0.39, 0.29) is 17.6 Å². The van der Waals surface area contributed by atoms with Crippen molar-refractivity contribution in [2.45, 2.75) is 38.3 Å². The van der Waals surface area contributed by atoms with Crippen molar-refractivity contribution >= 4 is 11.8 Å². The number of nitrogens with two attached hydrogens (primary N) is 1. The molecule has 0 spiro atoms. The van der Waals surface area contributed by atoms with Gasteiger partial charge in [-0.15, -0.1) is 0 Å². The molecule has 2 heterocycles. The van der Waals surface area contributed by atoms with Crippen LogP contribution in [0.3, 0.4) is 0 Å². The molecule has 1 aromatic carbocycles. The van der Waals surface area contributed by atoms with Crippen molar-refractivity contribution in [3.8, 4) is 5.75 Å². The van der Waals surface area contributed by atoms with E-state index in [0.717, 1.165) is 25.0 Å². The lowest BCUT2D eigenvalue weighted by molar-refractivity contribution is -0.142. The number of para-hydroxylation sites is 1. The molecule has 1 saturated heterocycles. The van der Waals surface area contributed by atoms with Gasteiger partial charge in [-0.05, 0) is 44.4 Å². The molecule has 3 N–H and O–H groups in total. The highest BCUT2D eigenvalue weighted by molar-refractivity contribution is 5.90. The predicted octanol–water partition coefficient (Wildman–Crippen LogP) is 2.03. The van der Waals surface area contributed by atoms with Crippen molar-refractivity contribution in [3.63, 3.8) is 0 Å². The smallest absolute Gasteiger partial charge is 0.269 e. The van der Waals surface area contributed by atoms with Crippen LogP contribution < -0.4 is 10.5 Å². The first-order chi connectivity index (χ1) is 12.1. The van der Waals surface area contributed by atoms with E-state index in [0.29, 0.717) is 12.3 Å². The first-order valence-corrected chi connectivity index (χ1v) is 8.43. The molecule has 0 saturated carbocycles. The summed E-state index contributed by atoms with van der Waals surface area (Å²) >= 11 is 0. The number of primary amides is 1. The van der Waals surface area contributed by atoms with Crippen LogP contribution in [0.1, 0.15) is 48.4 Å². The maximum absolute atomic E-state index is 12.9. The molecule has 2 atom stereocenters. The molecule has 0 bridgehead atoms. The maximum atomic E-state index is 12.9. The summed E-state index contributed by atoms with van der Waals surface area (Å²) in [4.78, 5) is 26.0. The number of carbonyl (C=O) groups is 2. The van der Waals surface area contributed by atoms with Crippen molar-refractivity contribution in [3.05, 3.63) is 47.8 Å². The number of aromatic amines is 1. The summed E-state index contributed by atoms with van der Waals surface area (Å²) in [6, 6.07) is 10.8. The van der Waals surface area contributed by atoms with Crippen LogP contribution in [0.15, 0.2) is 36.4 Å². The molecule has 1 aliphatic rings. The standard InChI is InChI=1S/C18H22N4O3/c1-12(25-13-7-3-2-4-8-13)18(24)22-10-6-5-9-16(22)14-11-15(17(19)23)21-20-14/h2-4,7-8,11-12,16H,5-6,9-10H2,1H3,(H2,19,23)(H,20,21)/t12-,16+/m1/s1. The number of likely N-dealkylation sites (tertiary alicyclic amines) is 1. The number of ether oxygens (including phenoxy) is 1. The van der Waals surface area contributed by atoms with E-state index in [2.05, 4.69) is 10.2 Å². The van der Waals surface area contributed by atoms with Crippen molar-refractivity contribution in [1.29, 1.82) is 0 Å². The number of benzene rings is 1. The molecule has 1 fully saturated rings. The van der Waals surface area contributed by atoms with Crippen LogP contribution in [-0.4, -0.2) is 39.6 Å².